The van der Waals surface area contributed by atoms with E-state index in [-0.39, 0.29) is 29.8 Å². The zero-order valence-corrected chi connectivity index (χ0v) is 17.9. The lowest BCUT2D eigenvalue weighted by molar-refractivity contribution is 0.321. The second kappa shape index (κ2) is 14.6. The van der Waals surface area contributed by atoms with E-state index in [2.05, 4.69) is 21.9 Å². The zero-order valence-electron chi connectivity index (χ0n) is 14.7. The van der Waals surface area contributed by atoms with Crippen molar-refractivity contribution in [1.29, 1.82) is 0 Å². The van der Waals surface area contributed by atoms with Gasteiger partial charge in [0.05, 0.1) is 13.2 Å². The van der Waals surface area contributed by atoms with E-state index in [4.69, 9.17) is 4.74 Å². The molecule has 0 amide bonds. The van der Waals surface area contributed by atoms with Gasteiger partial charge in [-0.2, -0.15) is 11.8 Å². The third-order valence-corrected chi connectivity index (χ3v) is 3.82. The molecule has 1 rings (SSSR count). The summed E-state index contributed by atoms with van der Waals surface area (Å²) in [5.74, 6) is 1.90. The van der Waals surface area contributed by atoms with Crippen molar-refractivity contribution in [3.63, 3.8) is 0 Å². The maximum absolute atomic E-state index is 13.8. The number of aliphatic imine (C=N–C) groups is 1. The highest BCUT2D eigenvalue weighted by atomic mass is 127. The van der Waals surface area contributed by atoms with Gasteiger partial charge < -0.3 is 15.4 Å². The van der Waals surface area contributed by atoms with Crippen molar-refractivity contribution in [3.05, 3.63) is 29.6 Å². The van der Waals surface area contributed by atoms with Crippen LogP contribution in [0.5, 0.6) is 5.75 Å². The molecule has 0 aliphatic rings. The van der Waals surface area contributed by atoms with E-state index in [0.717, 1.165) is 31.0 Å². The molecule has 0 unspecified atom stereocenters. The van der Waals surface area contributed by atoms with Crippen molar-refractivity contribution >= 4 is 41.7 Å². The molecule has 0 radical (unpaired) electrons. The van der Waals surface area contributed by atoms with Crippen molar-refractivity contribution in [2.24, 2.45) is 4.99 Å². The lowest BCUT2D eigenvalue weighted by atomic mass is 10.2. The molecule has 24 heavy (non-hydrogen) atoms. The van der Waals surface area contributed by atoms with Crippen LogP contribution in [0.1, 0.15) is 32.3 Å². The molecule has 138 valence electrons. The zero-order chi connectivity index (χ0) is 16.9. The Bertz CT molecular complexity index is 489. The van der Waals surface area contributed by atoms with Crippen molar-refractivity contribution in [3.8, 4) is 5.75 Å². The van der Waals surface area contributed by atoms with Crippen molar-refractivity contribution in [1.82, 2.24) is 10.6 Å². The molecule has 1 aromatic rings. The van der Waals surface area contributed by atoms with Gasteiger partial charge in [-0.3, -0.25) is 0 Å². The van der Waals surface area contributed by atoms with Crippen LogP contribution in [0.4, 0.5) is 4.39 Å². The Morgan fingerprint density at radius 1 is 1.25 bits per heavy atom. The Labute approximate surface area is 166 Å². The lowest BCUT2D eigenvalue weighted by Crippen LogP contribution is -2.37. The van der Waals surface area contributed by atoms with Gasteiger partial charge in [-0.1, -0.05) is 6.07 Å². The first-order chi connectivity index (χ1) is 11.2. The number of halogens is 2. The van der Waals surface area contributed by atoms with E-state index in [1.54, 1.807) is 6.07 Å². The maximum Gasteiger partial charge on any atom is 0.191 e. The predicted octanol–water partition coefficient (Wildman–Crippen LogP) is 4.04. The first-order valence-corrected chi connectivity index (χ1v) is 9.53. The summed E-state index contributed by atoms with van der Waals surface area (Å²) in [7, 11) is 0. The van der Waals surface area contributed by atoms with Crippen LogP contribution in [-0.2, 0) is 6.54 Å². The van der Waals surface area contributed by atoms with Gasteiger partial charge in [0.25, 0.3) is 0 Å². The van der Waals surface area contributed by atoms with Gasteiger partial charge in [-0.05, 0) is 56.4 Å². The van der Waals surface area contributed by atoms with Gasteiger partial charge in [-0.15, -0.1) is 24.0 Å². The van der Waals surface area contributed by atoms with Crippen LogP contribution in [0.2, 0.25) is 0 Å². The molecular weight excluding hydrogens is 440 g/mol. The Kier molecular flexibility index (Phi) is 14.2. The average Bonchev–Trinajstić information content (AvgIpc) is 2.54. The summed E-state index contributed by atoms with van der Waals surface area (Å²) in [5.41, 5.74) is 0.825. The van der Waals surface area contributed by atoms with Crippen molar-refractivity contribution < 1.29 is 9.13 Å². The predicted molar refractivity (Wildman–Crippen MR) is 113 cm³/mol. The van der Waals surface area contributed by atoms with Crippen LogP contribution in [0.3, 0.4) is 0 Å². The fraction of sp³-hybridized carbons (Fsp3) is 0.588. The number of thioether (sulfide) groups is 1. The molecule has 0 aromatic heterocycles. The van der Waals surface area contributed by atoms with E-state index in [1.165, 1.54) is 18.2 Å². The SMILES string of the molecule is CCNC(=NCc1ccc(OCC)c(F)c1)NCCCCSC.I. The van der Waals surface area contributed by atoms with Crippen molar-refractivity contribution in [2.75, 3.05) is 31.7 Å². The number of nitrogens with zero attached hydrogens (tertiary/aromatic N) is 1. The first kappa shape index (κ1) is 23.3. The Morgan fingerprint density at radius 3 is 2.67 bits per heavy atom. The van der Waals surface area contributed by atoms with Gasteiger partial charge in [0.15, 0.2) is 17.5 Å². The summed E-state index contributed by atoms with van der Waals surface area (Å²) in [4.78, 5) is 4.50. The highest BCUT2D eigenvalue weighted by Gasteiger charge is 2.04. The van der Waals surface area contributed by atoms with Gasteiger partial charge in [-0.25, -0.2) is 9.38 Å². The number of guanidine groups is 1. The number of hydrogen-bond acceptors (Lipinski definition) is 3. The summed E-state index contributed by atoms with van der Waals surface area (Å²) in [6, 6.07) is 4.99. The van der Waals surface area contributed by atoms with E-state index in [9.17, 15) is 4.39 Å². The number of hydrogen-bond donors (Lipinski definition) is 2. The molecule has 0 saturated heterocycles. The summed E-state index contributed by atoms with van der Waals surface area (Å²) in [6.45, 7) is 6.45. The molecule has 0 heterocycles. The number of rotatable bonds is 10. The minimum atomic E-state index is -0.338. The summed E-state index contributed by atoms with van der Waals surface area (Å²) >= 11 is 1.86. The smallest absolute Gasteiger partial charge is 0.191 e. The lowest BCUT2D eigenvalue weighted by Gasteiger charge is -2.11. The van der Waals surface area contributed by atoms with Crippen LogP contribution in [0, 0.1) is 5.82 Å². The minimum absolute atomic E-state index is 0. The van der Waals surface area contributed by atoms with E-state index in [1.807, 2.05) is 31.7 Å². The number of benzene rings is 1. The molecule has 0 saturated carbocycles. The van der Waals surface area contributed by atoms with Crippen LogP contribution in [-0.4, -0.2) is 37.7 Å². The third-order valence-electron chi connectivity index (χ3n) is 3.13. The molecule has 0 atom stereocenters. The second-order valence-electron chi connectivity index (χ2n) is 5.02. The van der Waals surface area contributed by atoms with E-state index in [0.29, 0.717) is 18.9 Å². The quantitative estimate of drug-likeness (QED) is 0.235. The van der Waals surface area contributed by atoms with Crippen LogP contribution >= 0.6 is 35.7 Å². The number of nitrogens with one attached hydrogen (secondary N) is 2. The number of ether oxygens (including phenoxy) is 1. The highest BCUT2D eigenvalue weighted by Crippen LogP contribution is 2.18. The Morgan fingerprint density at radius 2 is 2.04 bits per heavy atom. The molecule has 4 nitrogen and oxygen atoms in total. The molecular formula is C17H29FIN3OS. The average molecular weight is 469 g/mol. The van der Waals surface area contributed by atoms with Crippen molar-refractivity contribution in [2.45, 2.75) is 33.2 Å². The normalized spacial score (nSPS) is 10.9. The largest absolute Gasteiger partial charge is 0.491 e. The third kappa shape index (κ3) is 9.56. The minimum Gasteiger partial charge on any atom is -0.491 e. The molecule has 0 aliphatic carbocycles. The Hall–Kier alpha value is -0.700. The van der Waals surface area contributed by atoms with Gasteiger partial charge in [0.1, 0.15) is 0 Å². The summed E-state index contributed by atoms with van der Waals surface area (Å²) in [6.07, 6.45) is 4.43. The molecule has 2 N–H and O–H groups in total. The number of unbranched alkanes of at least 4 members (excludes halogenated alkanes) is 1. The van der Waals surface area contributed by atoms with Gasteiger partial charge >= 0.3 is 0 Å². The van der Waals surface area contributed by atoms with E-state index < -0.39 is 0 Å². The van der Waals surface area contributed by atoms with Gasteiger partial charge in [0, 0.05) is 13.1 Å². The maximum atomic E-state index is 13.8. The summed E-state index contributed by atoms with van der Waals surface area (Å²) in [5, 5.41) is 6.51. The Balaban J connectivity index is 0.00000529. The fourth-order valence-electron chi connectivity index (χ4n) is 2.01. The molecule has 0 aliphatic heterocycles. The molecule has 0 spiro atoms. The van der Waals surface area contributed by atoms with Gasteiger partial charge in [0.2, 0.25) is 0 Å². The molecule has 0 fully saturated rings. The summed E-state index contributed by atoms with van der Waals surface area (Å²) < 4.78 is 19.0. The molecule has 1 aromatic carbocycles. The molecule has 0 bridgehead atoms. The monoisotopic (exact) mass is 469 g/mol. The standard InChI is InChI=1S/C17H28FN3OS.HI/c1-4-19-17(20-10-6-7-11-23-3)21-13-14-8-9-16(22-5-2)15(18)12-14;/h8-9,12H,4-7,10-11,13H2,1-3H3,(H2,19,20,21);1H. The van der Waals surface area contributed by atoms with Crippen LogP contribution in [0.15, 0.2) is 23.2 Å². The molecule has 7 heteroatoms. The second-order valence-corrected chi connectivity index (χ2v) is 6.01. The highest BCUT2D eigenvalue weighted by molar-refractivity contribution is 14.0. The van der Waals surface area contributed by atoms with Crippen LogP contribution < -0.4 is 15.4 Å². The first-order valence-electron chi connectivity index (χ1n) is 8.13. The van der Waals surface area contributed by atoms with E-state index >= 15 is 0 Å². The fourth-order valence-corrected chi connectivity index (χ4v) is 2.50. The van der Waals surface area contributed by atoms with Crippen LogP contribution in [0.25, 0.3) is 0 Å². The topological polar surface area (TPSA) is 45.7 Å².